The summed E-state index contributed by atoms with van der Waals surface area (Å²) in [6.45, 7) is 9.46. The molecule has 120 valence electrons. The first kappa shape index (κ1) is 17.9. The second-order valence-electron chi connectivity index (χ2n) is 6.41. The van der Waals surface area contributed by atoms with Crippen LogP contribution >= 0.6 is 0 Å². The van der Waals surface area contributed by atoms with Crippen molar-refractivity contribution in [2.45, 2.75) is 39.7 Å². The van der Waals surface area contributed by atoms with Crippen LogP contribution in [0, 0.1) is 5.92 Å². The molecule has 0 aliphatic carbocycles. The maximum absolute atomic E-state index is 5.98. The minimum atomic E-state index is 0.194. The Labute approximate surface area is 129 Å². The first-order chi connectivity index (χ1) is 9.92. The van der Waals surface area contributed by atoms with E-state index in [9.17, 15) is 0 Å². The van der Waals surface area contributed by atoms with Crippen LogP contribution in [0.4, 0.5) is 5.95 Å². The average Bonchev–Trinajstić information content (AvgIpc) is 2.43. The quantitative estimate of drug-likeness (QED) is 0.752. The summed E-state index contributed by atoms with van der Waals surface area (Å²) in [6.07, 6.45) is 5.66. The Morgan fingerprint density at radius 3 is 2.24 bits per heavy atom. The van der Waals surface area contributed by atoms with Crippen LogP contribution in [0.15, 0.2) is 12.4 Å². The molecule has 0 bridgehead atoms. The van der Waals surface area contributed by atoms with E-state index in [1.807, 2.05) is 12.4 Å². The van der Waals surface area contributed by atoms with Gasteiger partial charge in [-0.1, -0.05) is 20.8 Å². The van der Waals surface area contributed by atoms with Crippen LogP contribution in [-0.2, 0) is 6.42 Å². The van der Waals surface area contributed by atoms with E-state index in [4.69, 9.17) is 5.73 Å². The fourth-order valence-electron chi connectivity index (χ4n) is 2.10. The molecule has 0 saturated carbocycles. The Morgan fingerprint density at radius 2 is 1.76 bits per heavy atom. The van der Waals surface area contributed by atoms with Crippen molar-refractivity contribution >= 4 is 5.95 Å². The van der Waals surface area contributed by atoms with E-state index in [0.717, 1.165) is 44.0 Å². The highest BCUT2D eigenvalue weighted by Gasteiger charge is 2.12. The molecular formula is C16H31N5. The van der Waals surface area contributed by atoms with Crippen LogP contribution in [0.25, 0.3) is 0 Å². The van der Waals surface area contributed by atoms with Crippen molar-refractivity contribution in [2.24, 2.45) is 11.7 Å². The van der Waals surface area contributed by atoms with Gasteiger partial charge in [0.15, 0.2) is 0 Å². The average molecular weight is 293 g/mol. The molecule has 0 aromatic carbocycles. The zero-order valence-electron chi connectivity index (χ0n) is 14.2. The SMILES string of the molecule is CCC(N)Cc1cnc(N(CCN(C)C)CC(C)C)nc1. The monoisotopic (exact) mass is 293 g/mol. The maximum Gasteiger partial charge on any atom is 0.225 e. The lowest BCUT2D eigenvalue weighted by molar-refractivity contribution is 0.407. The van der Waals surface area contributed by atoms with Gasteiger partial charge in [-0.3, -0.25) is 0 Å². The minimum Gasteiger partial charge on any atom is -0.339 e. The zero-order valence-corrected chi connectivity index (χ0v) is 14.2. The summed E-state index contributed by atoms with van der Waals surface area (Å²) >= 11 is 0. The fourth-order valence-corrected chi connectivity index (χ4v) is 2.10. The Morgan fingerprint density at radius 1 is 1.14 bits per heavy atom. The van der Waals surface area contributed by atoms with Crippen molar-refractivity contribution in [2.75, 3.05) is 38.6 Å². The molecule has 21 heavy (non-hydrogen) atoms. The van der Waals surface area contributed by atoms with Gasteiger partial charge in [-0.25, -0.2) is 9.97 Å². The molecule has 5 nitrogen and oxygen atoms in total. The molecule has 5 heteroatoms. The molecule has 1 unspecified atom stereocenters. The lowest BCUT2D eigenvalue weighted by atomic mass is 10.1. The van der Waals surface area contributed by atoms with Crippen LogP contribution in [0.5, 0.6) is 0 Å². The number of anilines is 1. The summed E-state index contributed by atoms with van der Waals surface area (Å²) in [4.78, 5) is 13.5. The number of aromatic nitrogens is 2. The van der Waals surface area contributed by atoms with Crippen LogP contribution < -0.4 is 10.6 Å². The lowest BCUT2D eigenvalue weighted by Gasteiger charge is -2.26. The van der Waals surface area contributed by atoms with Crippen molar-refractivity contribution in [1.29, 1.82) is 0 Å². The second-order valence-corrected chi connectivity index (χ2v) is 6.41. The van der Waals surface area contributed by atoms with Gasteiger partial charge in [0.05, 0.1) is 0 Å². The van der Waals surface area contributed by atoms with E-state index in [-0.39, 0.29) is 6.04 Å². The summed E-state index contributed by atoms with van der Waals surface area (Å²) in [5.74, 6) is 1.41. The molecule has 1 aromatic rings. The fraction of sp³-hybridized carbons (Fsp3) is 0.750. The van der Waals surface area contributed by atoms with Crippen LogP contribution in [-0.4, -0.2) is 54.6 Å². The Balaban J connectivity index is 2.72. The van der Waals surface area contributed by atoms with Crippen LogP contribution in [0.1, 0.15) is 32.8 Å². The van der Waals surface area contributed by atoms with E-state index in [1.54, 1.807) is 0 Å². The molecular weight excluding hydrogens is 262 g/mol. The number of rotatable bonds is 9. The molecule has 0 radical (unpaired) electrons. The molecule has 0 aliphatic heterocycles. The minimum absolute atomic E-state index is 0.194. The molecule has 1 rings (SSSR count). The van der Waals surface area contributed by atoms with Gasteiger partial charge in [-0.2, -0.15) is 0 Å². The van der Waals surface area contributed by atoms with Gasteiger partial charge in [-0.05, 0) is 38.4 Å². The maximum atomic E-state index is 5.98. The summed E-state index contributed by atoms with van der Waals surface area (Å²) in [6, 6.07) is 0.194. The van der Waals surface area contributed by atoms with Crippen molar-refractivity contribution in [3.05, 3.63) is 18.0 Å². The number of nitrogens with two attached hydrogens (primary N) is 1. The normalized spacial score (nSPS) is 13.0. The van der Waals surface area contributed by atoms with Crippen LogP contribution in [0.3, 0.4) is 0 Å². The number of nitrogens with zero attached hydrogens (tertiary/aromatic N) is 4. The molecule has 0 spiro atoms. The van der Waals surface area contributed by atoms with E-state index in [0.29, 0.717) is 5.92 Å². The van der Waals surface area contributed by atoms with Crippen molar-refractivity contribution in [3.8, 4) is 0 Å². The molecule has 1 heterocycles. The van der Waals surface area contributed by atoms with Crippen LogP contribution in [0.2, 0.25) is 0 Å². The standard InChI is InChI=1S/C16H31N5/c1-6-15(17)9-14-10-18-16(19-11-14)21(12-13(2)3)8-7-20(4)5/h10-11,13,15H,6-9,12,17H2,1-5H3. The van der Waals surface area contributed by atoms with Gasteiger partial charge in [0.25, 0.3) is 0 Å². The van der Waals surface area contributed by atoms with E-state index < -0.39 is 0 Å². The number of hydrogen-bond donors (Lipinski definition) is 1. The zero-order chi connectivity index (χ0) is 15.8. The Kier molecular flexibility index (Phi) is 7.61. The first-order valence-electron chi connectivity index (χ1n) is 7.88. The summed E-state index contributed by atoms with van der Waals surface area (Å²) in [7, 11) is 4.17. The molecule has 2 N–H and O–H groups in total. The van der Waals surface area contributed by atoms with Gasteiger partial charge in [0.1, 0.15) is 0 Å². The van der Waals surface area contributed by atoms with E-state index in [1.165, 1.54) is 0 Å². The first-order valence-corrected chi connectivity index (χ1v) is 7.88. The van der Waals surface area contributed by atoms with Gasteiger partial charge in [0.2, 0.25) is 5.95 Å². The Hall–Kier alpha value is -1.20. The number of likely N-dealkylation sites (N-methyl/N-ethyl adjacent to an activating group) is 1. The van der Waals surface area contributed by atoms with E-state index >= 15 is 0 Å². The Bertz CT molecular complexity index is 388. The van der Waals surface area contributed by atoms with Gasteiger partial charge >= 0.3 is 0 Å². The summed E-state index contributed by atoms with van der Waals surface area (Å²) < 4.78 is 0. The van der Waals surface area contributed by atoms with Crippen molar-refractivity contribution in [1.82, 2.24) is 14.9 Å². The third-order valence-electron chi connectivity index (χ3n) is 3.40. The largest absolute Gasteiger partial charge is 0.339 e. The van der Waals surface area contributed by atoms with Gasteiger partial charge < -0.3 is 15.5 Å². The predicted octanol–water partition coefficient (Wildman–Crippen LogP) is 1.78. The highest BCUT2D eigenvalue weighted by molar-refractivity contribution is 5.30. The number of hydrogen-bond acceptors (Lipinski definition) is 5. The van der Waals surface area contributed by atoms with Crippen molar-refractivity contribution in [3.63, 3.8) is 0 Å². The molecule has 0 fully saturated rings. The third-order valence-corrected chi connectivity index (χ3v) is 3.40. The molecule has 1 aromatic heterocycles. The molecule has 1 atom stereocenters. The smallest absolute Gasteiger partial charge is 0.225 e. The molecule has 0 saturated heterocycles. The predicted molar refractivity (Wildman–Crippen MR) is 89.6 cm³/mol. The van der Waals surface area contributed by atoms with Gasteiger partial charge in [-0.15, -0.1) is 0 Å². The third kappa shape index (κ3) is 6.87. The summed E-state index contributed by atoms with van der Waals surface area (Å²) in [5, 5.41) is 0. The van der Waals surface area contributed by atoms with Gasteiger partial charge in [0, 0.05) is 38.1 Å². The highest BCUT2D eigenvalue weighted by Crippen LogP contribution is 2.11. The highest BCUT2D eigenvalue weighted by atomic mass is 15.3. The van der Waals surface area contributed by atoms with Crippen molar-refractivity contribution < 1.29 is 0 Å². The summed E-state index contributed by atoms with van der Waals surface area (Å²) in [5.41, 5.74) is 7.09. The second kappa shape index (κ2) is 8.95. The van der Waals surface area contributed by atoms with E-state index in [2.05, 4.69) is 54.6 Å². The lowest BCUT2D eigenvalue weighted by Crippen LogP contribution is -2.35. The molecule has 0 aliphatic rings. The molecule has 0 amide bonds. The topological polar surface area (TPSA) is 58.3 Å².